The summed E-state index contributed by atoms with van der Waals surface area (Å²) in [5.74, 6) is -0.208. The zero-order valence-corrected chi connectivity index (χ0v) is 17.3. The molecule has 4 rings (SSSR count). The van der Waals surface area contributed by atoms with Gasteiger partial charge in [0.1, 0.15) is 0 Å². The number of urea groups is 2. The number of nitrogens with zero attached hydrogens (tertiary/aromatic N) is 1. The molecule has 0 spiro atoms. The van der Waals surface area contributed by atoms with E-state index in [1.54, 1.807) is 24.3 Å². The van der Waals surface area contributed by atoms with Crippen LogP contribution in [0.2, 0.25) is 0 Å². The van der Waals surface area contributed by atoms with Crippen molar-refractivity contribution in [3.05, 3.63) is 59.7 Å². The number of likely N-dealkylation sites (tertiary alicyclic amines) is 1. The molecule has 4 N–H and O–H groups in total. The number of rotatable bonds is 6. The number of hydrogen-bond acceptors (Lipinski definition) is 3. The smallest absolute Gasteiger partial charge is 0.321 e. The number of amides is 5. The average molecular weight is 422 g/mol. The average Bonchev–Trinajstić information content (AvgIpc) is 3.40. The van der Waals surface area contributed by atoms with E-state index in [1.807, 2.05) is 29.2 Å². The SMILES string of the molecule is O=C(Nc1ccc(C(=O)NCc2cccc(NC(=O)N3CCCC3)c2)cc1)NC1CC1. The molecule has 8 nitrogen and oxygen atoms in total. The Morgan fingerprint density at radius 1 is 0.903 bits per heavy atom. The summed E-state index contributed by atoms with van der Waals surface area (Å²) in [6.07, 6.45) is 4.15. The Balaban J connectivity index is 1.27. The number of hydrogen-bond donors (Lipinski definition) is 4. The van der Waals surface area contributed by atoms with Crippen molar-refractivity contribution >= 4 is 29.3 Å². The van der Waals surface area contributed by atoms with Crippen molar-refractivity contribution in [3.8, 4) is 0 Å². The van der Waals surface area contributed by atoms with Crippen LogP contribution in [0.3, 0.4) is 0 Å². The predicted octanol–water partition coefficient (Wildman–Crippen LogP) is 3.53. The first-order valence-electron chi connectivity index (χ1n) is 10.7. The van der Waals surface area contributed by atoms with Gasteiger partial charge in [0.25, 0.3) is 5.91 Å². The molecule has 5 amide bonds. The number of carbonyl (C=O) groups excluding carboxylic acids is 3. The lowest BCUT2D eigenvalue weighted by Crippen LogP contribution is -2.32. The van der Waals surface area contributed by atoms with Crippen molar-refractivity contribution in [2.24, 2.45) is 0 Å². The zero-order valence-electron chi connectivity index (χ0n) is 17.3. The highest BCUT2D eigenvalue weighted by atomic mass is 16.2. The summed E-state index contributed by atoms with van der Waals surface area (Å²) in [4.78, 5) is 38.3. The maximum Gasteiger partial charge on any atom is 0.321 e. The topological polar surface area (TPSA) is 103 Å². The van der Waals surface area contributed by atoms with Gasteiger partial charge in [-0.3, -0.25) is 4.79 Å². The Hall–Kier alpha value is -3.55. The number of benzene rings is 2. The van der Waals surface area contributed by atoms with Gasteiger partial charge in [0, 0.05) is 42.6 Å². The molecule has 0 atom stereocenters. The van der Waals surface area contributed by atoms with Crippen LogP contribution in [0.5, 0.6) is 0 Å². The van der Waals surface area contributed by atoms with E-state index < -0.39 is 0 Å². The number of anilines is 2. The standard InChI is InChI=1S/C23H27N5O3/c29-21(17-6-8-18(9-7-17)25-22(30)26-19-10-11-19)24-15-16-4-3-5-20(14-16)27-23(31)28-12-1-2-13-28/h3-9,14,19H,1-2,10-13,15H2,(H,24,29)(H,27,31)(H2,25,26,30). The Labute approximate surface area is 181 Å². The van der Waals surface area contributed by atoms with E-state index in [2.05, 4.69) is 21.3 Å². The van der Waals surface area contributed by atoms with Crippen molar-refractivity contribution in [1.29, 1.82) is 0 Å². The minimum absolute atomic E-state index is 0.0850. The van der Waals surface area contributed by atoms with Crippen molar-refractivity contribution in [3.63, 3.8) is 0 Å². The van der Waals surface area contributed by atoms with Gasteiger partial charge in [-0.05, 0) is 67.6 Å². The molecule has 31 heavy (non-hydrogen) atoms. The maximum atomic E-state index is 12.5. The van der Waals surface area contributed by atoms with Gasteiger partial charge in [0.15, 0.2) is 0 Å². The second-order valence-corrected chi connectivity index (χ2v) is 7.96. The molecular weight excluding hydrogens is 394 g/mol. The molecule has 1 aliphatic heterocycles. The normalized spacial score (nSPS) is 15.3. The summed E-state index contributed by atoms with van der Waals surface area (Å²) in [6.45, 7) is 1.93. The fourth-order valence-corrected chi connectivity index (χ4v) is 3.45. The summed E-state index contributed by atoms with van der Waals surface area (Å²) in [5.41, 5.74) is 2.74. The minimum atomic E-state index is -0.226. The van der Waals surface area contributed by atoms with Gasteiger partial charge >= 0.3 is 12.1 Å². The fourth-order valence-electron chi connectivity index (χ4n) is 3.45. The molecule has 0 unspecified atom stereocenters. The van der Waals surface area contributed by atoms with Crippen LogP contribution in [-0.2, 0) is 6.54 Å². The molecule has 0 radical (unpaired) electrons. The lowest BCUT2D eigenvalue weighted by atomic mass is 10.1. The van der Waals surface area contributed by atoms with Gasteiger partial charge in [0.05, 0.1) is 0 Å². The van der Waals surface area contributed by atoms with Crippen LogP contribution in [0.4, 0.5) is 21.0 Å². The van der Waals surface area contributed by atoms with Crippen molar-refractivity contribution < 1.29 is 14.4 Å². The van der Waals surface area contributed by atoms with E-state index in [0.29, 0.717) is 23.5 Å². The predicted molar refractivity (Wildman–Crippen MR) is 119 cm³/mol. The second-order valence-electron chi connectivity index (χ2n) is 7.96. The van der Waals surface area contributed by atoms with Crippen LogP contribution in [0.15, 0.2) is 48.5 Å². The quantitative estimate of drug-likeness (QED) is 0.574. The third-order valence-electron chi connectivity index (χ3n) is 5.34. The van der Waals surface area contributed by atoms with Crippen LogP contribution >= 0.6 is 0 Å². The van der Waals surface area contributed by atoms with Crippen LogP contribution in [-0.4, -0.2) is 42.0 Å². The summed E-state index contributed by atoms with van der Waals surface area (Å²) >= 11 is 0. The Bertz CT molecular complexity index is 950. The molecule has 1 aliphatic carbocycles. The van der Waals surface area contributed by atoms with Crippen molar-refractivity contribution in [2.45, 2.75) is 38.3 Å². The van der Waals surface area contributed by atoms with E-state index in [9.17, 15) is 14.4 Å². The maximum absolute atomic E-state index is 12.5. The highest BCUT2D eigenvalue weighted by Crippen LogP contribution is 2.19. The Morgan fingerprint density at radius 3 is 2.35 bits per heavy atom. The summed E-state index contributed by atoms with van der Waals surface area (Å²) in [5, 5.41) is 11.4. The van der Waals surface area contributed by atoms with Crippen LogP contribution in [0, 0.1) is 0 Å². The van der Waals surface area contributed by atoms with Crippen molar-refractivity contribution in [1.82, 2.24) is 15.5 Å². The first-order valence-corrected chi connectivity index (χ1v) is 10.7. The molecule has 2 aromatic carbocycles. The molecule has 1 heterocycles. The molecule has 2 fully saturated rings. The van der Waals surface area contributed by atoms with E-state index in [4.69, 9.17) is 0 Å². The summed E-state index contributed by atoms with van der Waals surface area (Å²) in [6, 6.07) is 14.2. The van der Waals surface area contributed by atoms with Gasteiger partial charge in [-0.2, -0.15) is 0 Å². The Morgan fingerprint density at radius 2 is 1.65 bits per heavy atom. The summed E-state index contributed by atoms with van der Waals surface area (Å²) < 4.78 is 0. The molecule has 1 saturated heterocycles. The molecule has 0 bridgehead atoms. The number of carbonyl (C=O) groups is 3. The van der Waals surface area contributed by atoms with Crippen LogP contribution < -0.4 is 21.3 Å². The van der Waals surface area contributed by atoms with Gasteiger partial charge in [-0.25, -0.2) is 9.59 Å². The first-order chi connectivity index (χ1) is 15.1. The molecule has 162 valence electrons. The monoisotopic (exact) mass is 421 g/mol. The minimum Gasteiger partial charge on any atom is -0.348 e. The third-order valence-corrected chi connectivity index (χ3v) is 5.34. The van der Waals surface area contributed by atoms with Crippen LogP contribution in [0.1, 0.15) is 41.6 Å². The molecular formula is C23H27N5O3. The van der Waals surface area contributed by atoms with E-state index in [-0.39, 0.29) is 24.0 Å². The molecule has 8 heteroatoms. The lowest BCUT2D eigenvalue weighted by Gasteiger charge is -2.16. The molecule has 0 aromatic heterocycles. The first kappa shape index (κ1) is 20.7. The van der Waals surface area contributed by atoms with Crippen LogP contribution in [0.25, 0.3) is 0 Å². The van der Waals surface area contributed by atoms with Gasteiger partial charge < -0.3 is 26.2 Å². The lowest BCUT2D eigenvalue weighted by molar-refractivity contribution is 0.0951. The van der Waals surface area contributed by atoms with Crippen molar-refractivity contribution in [2.75, 3.05) is 23.7 Å². The van der Waals surface area contributed by atoms with Gasteiger partial charge in [0.2, 0.25) is 0 Å². The molecule has 2 aliphatic rings. The van der Waals surface area contributed by atoms with Gasteiger partial charge in [-0.1, -0.05) is 12.1 Å². The molecule has 1 saturated carbocycles. The zero-order chi connectivity index (χ0) is 21.6. The van der Waals surface area contributed by atoms with E-state index in [1.165, 1.54) is 0 Å². The number of nitrogens with one attached hydrogen (secondary N) is 4. The molecule has 2 aromatic rings. The van der Waals surface area contributed by atoms with E-state index in [0.717, 1.165) is 44.3 Å². The van der Waals surface area contributed by atoms with Gasteiger partial charge in [-0.15, -0.1) is 0 Å². The van der Waals surface area contributed by atoms with E-state index >= 15 is 0 Å². The fraction of sp³-hybridized carbons (Fsp3) is 0.348. The largest absolute Gasteiger partial charge is 0.348 e. The summed E-state index contributed by atoms with van der Waals surface area (Å²) in [7, 11) is 0. The highest BCUT2D eigenvalue weighted by Gasteiger charge is 2.23. The Kier molecular flexibility index (Phi) is 6.35. The second kappa shape index (κ2) is 9.51. The third kappa shape index (κ3) is 5.97. The highest BCUT2D eigenvalue weighted by molar-refractivity contribution is 5.95.